The standard InChI is InChI=1S/2C6H9NS.2C5H7NOS.2CH4.5HI.2V/c2*1-4-5(2)7-8-6(4)3;2*1-3-4(2)8-6-5(3)7;;;;;;;;;/h2*1-3H3;2*1-2H3,(H,6,7);2*1H4;5*1H;;/q;;;;;;;;;;;+2;+3/p-5. The van der Waals surface area contributed by atoms with Crippen LogP contribution < -0.4 is 11.1 Å². The molecule has 0 atom stereocenters. The van der Waals surface area contributed by atoms with Crippen LogP contribution in [-0.2, 0) is 14.4 Å². The van der Waals surface area contributed by atoms with Crippen LogP contribution in [0.2, 0.25) is 0 Å². The fourth-order valence-corrected chi connectivity index (χ4v) is 4.61. The molecule has 0 radical (unpaired) electrons. The second-order valence-corrected chi connectivity index (χ2v) is 58.7. The van der Waals surface area contributed by atoms with E-state index in [4.69, 9.17) is 0 Å². The molecule has 0 aliphatic rings. The van der Waals surface area contributed by atoms with Gasteiger partial charge in [0.15, 0.2) is 0 Å². The van der Waals surface area contributed by atoms with Crippen LogP contribution in [-0.4, -0.2) is 17.5 Å². The third kappa shape index (κ3) is 23.8. The first-order valence-corrected chi connectivity index (χ1v) is 36.5. The molecule has 0 aliphatic carbocycles. The molecule has 6 nitrogen and oxygen atoms in total. The van der Waals surface area contributed by atoms with Gasteiger partial charge < -0.3 is 0 Å². The first-order chi connectivity index (χ1) is 18.0. The number of hydrogen-bond acceptors (Lipinski definition) is 8. The van der Waals surface area contributed by atoms with Crippen LogP contribution in [0.1, 0.15) is 68.0 Å². The van der Waals surface area contributed by atoms with Gasteiger partial charge >= 0.3 is 114 Å². The number of halogens is 5. The summed E-state index contributed by atoms with van der Waals surface area (Å²) in [6, 6.07) is 0. The summed E-state index contributed by atoms with van der Waals surface area (Å²) in [5.74, 6) is 0. The van der Waals surface area contributed by atoms with Crippen molar-refractivity contribution < 1.29 is 14.4 Å². The van der Waals surface area contributed by atoms with Gasteiger partial charge in [0.25, 0.3) is 11.1 Å². The van der Waals surface area contributed by atoms with Crippen molar-refractivity contribution in [2.45, 2.75) is 84.1 Å². The molecule has 4 aromatic heterocycles. The van der Waals surface area contributed by atoms with Gasteiger partial charge in [-0.2, -0.15) is 8.75 Å². The molecular weight excluding hydrogens is 1240 g/mol. The third-order valence-corrected chi connectivity index (χ3v) is 8.80. The summed E-state index contributed by atoms with van der Waals surface area (Å²) in [6.07, 6.45) is 0. The van der Waals surface area contributed by atoms with Crippen molar-refractivity contribution in [2.24, 2.45) is 0 Å². The van der Waals surface area contributed by atoms with Crippen LogP contribution in [0, 0.1) is 69.2 Å². The van der Waals surface area contributed by atoms with Gasteiger partial charge in [0.1, 0.15) is 0 Å². The average Bonchev–Trinajstić information content (AvgIpc) is 3.54. The van der Waals surface area contributed by atoms with Crippen LogP contribution in [0.4, 0.5) is 0 Å². The number of H-pyrrole nitrogens is 2. The molecule has 237 valence electrons. The summed E-state index contributed by atoms with van der Waals surface area (Å²) < 4.78 is 13.6. The van der Waals surface area contributed by atoms with Gasteiger partial charge in [-0.1, -0.05) is 37.9 Å². The summed E-state index contributed by atoms with van der Waals surface area (Å²) in [5, 5.41) is 0. The number of aryl methyl sites for hydroxylation is 6. The van der Waals surface area contributed by atoms with Gasteiger partial charge in [-0.25, -0.2) is 0 Å². The summed E-state index contributed by atoms with van der Waals surface area (Å²) >= 11 is 18.1. The predicted molar refractivity (Wildman–Crippen MR) is 225 cm³/mol. The maximum absolute atomic E-state index is 10.6. The van der Waals surface area contributed by atoms with Crippen molar-refractivity contribution in [3.8, 4) is 0 Å². The molecule has 0 spiro atoms. The summed E-state index contributed by atoms with van der Waals surface area (Å²) in [5.41, 5.74) is 6.81. The molecule has 0 saturated carbocycles. The molecule has 0 saturated heterocycles. The normalized spacial score (nSPS) is 8.88. The van der Waals surface area contributed by atoms with Crippen molar-refractivity contribution in [3.63, 3.8) is 0 Å². The quantitative estimate of drug-likeness (QED) is 0.172. The van der Waals surface area contributed by atoms with Crippen molar-refractivity contribution in [3.05, 3.63) is 73.9 Å². The number of rotatable bonds is 0. The van der Waals surface area contributed by atoms with Crippen LogP contribution in [0.25, 0.3) is 0 Å². The van der Waals surface area contributed by atoms with Crippen LogP contribution in [0.5, 0.6) is 0 Å². The van der Waals surface area contributed by atoms with E-state index in [1.54, 1.807) is 23.1 Å². The third-order valence-electron chi connectivity index (χ3n) is 5.11. The van der Waals surface area contributed by atoms with Crippen molar-refractivity contribution in [1.29, 1.82) is 0 Å². The second kappa shape index (κ2) is 29.1. The molecule has 17 heteroatoms. The Morgan fingerprint density at radius 1 is 0.585 bits per heavy atom. The van der Waals surface area contributed by atoms with E-state index in [-0.39, 0.29) is 30.9 Å². The monoisotopic (exact) mass is 1280 g/mol. The zero-order valence-corrected chi connectivity index (χ0v) is 40.0. The van der Waals surface area contributed by atoms with Gasteiger partial charge in [0.05, 0.1) is 11.4 Å². The van der Waals surface area contributed by atoms with E-state index >= 15 is 0 Å². The fourth-order valence-electron chi connectivity index (χ4n) is 1.93. The van der Waals surface area contributed by atoms with Crippen LogP contribution >= 0.6 is 146 Å². The zero-order valence-electron chi connectivity index (χ0n) is 23.1. The first-order valence-electron chi connectivity index (χ1n) is 10.8. The van der Waals surface area contributed by atoms with Crippen LogP contribution in [0.3, 0.4) is 0 Å². The number of aromatic nitrogens is 4. The zero-order chi connectivity index (χ0) is 30.9. The molecule has 41 heavy (non-hydrogen) atoms. The Morgan fingerprint density at radius 3 is 0.878 bits per heavy atom. The molecule has 4 heterocycles. The fraction of sp³-hybridized carbons (Fsp3) is 0.500. The van der Waals surface area contributed by atoms with Gasteiger partial charge in [-0.3, -0.25) is 18.3 Å². The molecule has 0 fully saturated rings. The number of hydrogen-bond donors (Lipinski definition) is 2. The molecule has 0 aliphatic heterocycles. The van der Waals surface area contributed by atoms with Gasteiger partial charge in [0.2, 0.25) is 0 Å². The van der Waals surface area contributed by atoms with Crippen LogP contribution in [0.15, 0.2) is 9.59 Å². The maximum atomic E-state index is 10.6. The van der Waals surface area contributed by atoms with Gasteiger partial charge in [0, 0.05) is 30.6 Å². The Balaban J connectivity index is -0.000000204. The molecule has 4 rings (SSSR count). The Hall–Kier alpha value is 2.94. The van der Waals surface area contributed by atoms with Crippen molar-refractivity contribution >= 4 is 146 Å². The Kier molecular flexibility index (Phi) is 36.1. The Bertz CT molecular complexity index is 1200. The minimum absolute atomic E-state index is 0. The van der Waals surface area contributed by atoms with Gasteiger partial charge in [-0.15, -0.1) is 0 Å². The second-order valence-electron chi connectivity index (χ2n) is 7.58. The molecule has 4 aromatic rings. The summed E-state index contributed by atoms with van der Waals surface area (Å²) in [7, 11) is 0.628. The van der Waals surface area contributed by atoms with E-state index in [0.29, 0.717) is 9.47 Å². The molecular formula is C24H40I5N4O2S4V2. The van der Waals surface area contributed by atoms with Crippen molar-refractivity contribution in [1.82, 2.24) is 17.5 Å². The topological polar surface area (TPSA) is 91.5 Å². The SMILES string of the molecule is C.C.Cc1nsc(C)c1C.Cc1nsc(C)c1C.Cc1s[nH]c(=O)c1C.Cc1s[nH]c(=O)c1C.[I][V]([I])[I].[I][V][I]. The molecule has 0 aromatic carbocycles. The van der Waals surface area contributed by atoms with Gasteiger partial charge in [-0.05, 0) is 103 Å². The summed E-state index contributed by atoms with van der Waals surface area (Å²) in [4.78, 5) is 25.7. The minimum atomic E-state index is -0.278. The molecule has 2 N–H and O–H groups in total. The van der Waals surface area contributed by atoms with E-state index in [0.717, 1.165) is 20.9 Å². The number of nitrogens with zero attached hydrogens (tertiary/aromatic N) is 2. The van der Waals surface area contributed by atoms with E-state index < -0.39 is 0 Å². The van der Waals surface area contributed by atoms with E-state index in [1.165, 1.54) is 55.3 Å². The molecule has 0 unspecified atom stereocenters. The van der Waals surface area contributed by atoms with Crippen molar-refractivity contribution in [2.75, 3.05) is 0 Å². The number of nitrogens with one attached hydrogen (secondary N) is 2. The summed E-state index contributed by atoms with van der Waals surface area (Å²) in [6.45, 7) is 20.0. The van der Waals surface area contributed by atoms with E-state index in [1.807, 2.05) is 41.5 Å². The number of aromatic amines is 2. The Labute approximate surface area is 329 Å². The Morgan fingerprint density at radius 2 is 0.829 bits per heavy atom. The predicted octanol–water partition coefficient (Wildman–Crippen LogP) is 11.9. The van der Waals surface area contributed by atoms with E-state index in [9.17, 15) is 9.59 Å². The first kappa shape index (κ1) is 50.8. The molecule has 0 amide bonds. The van der Waals surface area contributed by atoms with E-state index in [2.05, 4.69) is 145 Å². The average molecular weight is 1280 g/mol. The molecule has 0 bridgehead atoms.